The average molecular weight is 340 g/mol. The highest BCUT2D eigenvalue weighted by atomic mass is 35.5. The molecule has 0 aromatic heterocycles. The maximum absolute atomic E-state index is 12.2. The van der Waals surface area contributed by atoms with E-state index in [9.17, 15) is 18.0 Å². The second-order valence-electron chi connectivity index (χ2n) is 5.34. The molecule has 128 valence electrons. The van der Waals surface area contributed by atoms with Gasteiger partial charge in [0, 0.05) is 11.5 Å². The van der Waals surface area contributed by atoms with Crippen LogP contribution >= 0.6 is 11.6 Å². The van der Waals surface area contributed by atoms with Crippen molar-refractivity contribution in [2.45, 2.75) is 64.6 Å². The van der Waals surface area contributed by atoms with Gasteiger partial charge in [0.15, 0.2) is 0 Å². The Morgan fingerprint density at radius 1 is 1.32 bits per heavy atom. The Morgan fingerprint density at radius 2 is 1.95 bits per heavy atom. The molecular formula is C16H25ClF3NO. The molecule has 0 rings (SSSR count). The van der Waals surface area contributed by atoms with E-state index >= 15 is 0 Å². The van der Waals surface area contributed by atoms with Gasteiger partial charge in [0.05, 0.1) is 6.04 Å². The molecule has 1 unspecified atom stereocenters. The van der Waals surface area contributed by atoms with Crippen molar-refractivity contribution in [2.24, 2.45) is 0 Å². The van der Waals surface area contributed by atoms with E-state index < -0.39 is 18.6 Å². The molecule has 0 spiro atoms. The van der Waals surface area contributed by atoms with E-state index in [0.29, 0.717) is 18.0 Å². The van der Waals surface area contributed by atoms with Gasteiger partial charge < -0.3 is 5.32 Å². The summed E-state index contributed by atoms with van der Waals surface area (Å²) in [6.45, 7) is 7.36. The van der Waals surface area contributed by atoms with Crippen molar-refractivity contribution in [3.05, 3.63) is 23.3 Å². The maximum atomic E-state index is 12.2. The molecule has 2 nitrogen and oxygen atoms in total. The topological polar surface area (TPSA) is 29.1 Å². The lowest BCUT2D eigenvalue weighted by molar-refractivity contribution is -0.138. The van der Waals surface area contributed by atoms with Crippen molar-refractivity contribution in [1.82, 2.24) is 5.32 Å². The summed E-state index contributed by atoms with van der Waals surface area (Å²) < 4.78 is 36.7. The number of carbonyl (C=O) groups excluding carboxylic acids is 1. The van der Waals surface area contributed by atoms with Crippen LogP contribution in [0.1, 0.15) is 52.4 Å². The van der Waals surface area contributed by atoms with Crippen LogP contribution in [-0.2, 0) is 4.79 Å². The summed E-state index contributed by atoms with van der Waals surface area (Å²) >= 11 is 5.70. The van der Waals surface area contributed by atoms with Crippen LogP contribution in [0.5, 0.6) is 0 Å². The normalized spacial score (nSPS) is 14.0. The van der Waals surface area contributed by atoms with Crippen LogP contribution in [0.2, 0.25) is 0 Å². The van der Waals surface area contributed by atoms with Crippen molar-refractivity contribution in [2.75, 3.05) is 6.54 Å². The lowest BCUT2D eigenvalue weighted by Gasteiger charge is -2.17. The minimum Gasteiger partial charge on any atom is -0.307 e. The van der Waals surface area contributed by atoms with Gasteiger partial charge in [-0.15, -0.1) is 0 Å². The molecule has 0 radical (unpaired) electrons. The predicted octanol–water partition coefficient (Wildman–Crippen LogP) is 5.14. The number of Topliss-reactive ketones (excluding diaryl/α,β-unsaturated/α-hetero) is 1. The first-order valence-electron chi connectivity index (χ1n) is 7.43. The summed E-state index contributed by atoms with van der Waals surface area (Å²) in [4.78, 5) is 11.4. The molecule has 0 aliphatic carbocycles. The molecule has 22 heavy (non-hydrogen) atoms. The van der Waals surface area contributed by atoms with Gasteiger partial charge in [-0.1, -0.05) is 29.8 Å². The minimum atomic E-state index is -4.23. The molecule has 0 bridgehead atoms. The van der Waals surface area contributed by atoms with E-state index in [1.54, 1.807) is 0 Å². The van der Waals surface area contributed by atoms with Crippen LogP contribution < -0.4 is 5.32 Å². The van der Waals surface area contributed by atoms with E-state index in [4.69, 9.17) is 11.6 Å². The highest BCUT2D eigenvalue weighted by Gasteiger charge is 2.29. The van der Waals surface area contributed by atoms with Crippen LogP contribution in [0.3, 0.4) is 0 Å². The van der Waals surface area contributed by atoms with Gasteiger partial charge in [-0.3, -0.25) is 4.79 Å². The summed E-state index contributed by atoms with van der Waals surface area (Å²) in [5.74, 6) is -0.260. The molecule has 0 aliphatic rings. The zero-order valence-corrected chi connectivity index (χ0v) is 14.0. The van der Waals surface area contributed by atoms with Crippen molar-refractivity contribution in [3.8, 4) is 0 Å². The number of carbonyl (C=O) groups is 1. The van der Waals surface area contributed by atoms with Crippen LogP contribution in [0.15, 0.2) is 23.3 Å². The van der Waals surface area contributed by atoms with E-state index in [2.05, 4.69) is 11.9 Å². The summed E-state index contributed by atoms with van der Waals surface area (Å²) in [7, 11) is 0. The second-order valence-corrected chi connectivity index (χ2v) is 5.87. The fraction of sp³-hybridized carbons (Fsp3) is 0.688. The largest absolute Gasteiger partial charge is 0.389 e. The number of alkyl halides is 3. The zero-order valence-electron chi connectivity index (χ0n) is 13.2. The summed E-state index contributed by atoms with van der Waals surface area (Å²) in [6, 6.07) is -0.734. The number of rotatable bonds is 11. The third-order valence-electron chi connectivity index (χ3n) is 3.40. The maximum Gasteiger partial charge on any atom is 0.389 e. The number of hydrogen-bond acceptors (Lipinski definition) is 2. The van der Waals surface area contributed by atoms with Gasteiger partial charge in [-0.25, -0.2) is 0 Å². The van der Waals surface area contributed by atoms with E-state index in [1.165, 1.54) is 12.5 Å². The second kappa shape index (κ2) is 10.8. The van der Waals surface area contributed by atoms with Crippen molar-refractivity contribution in [3.63, 3.8) is 0 Å². The van der Waals surface area contributed by atoms with Crippen molar-refractivity contribution >= 4 is 17.4 Å². The van der Waals surface area contributed by atoms with Gasteiger partial charge in [-0.2, -0.15) is 13.2 Å². The summed E-state index contributed by atoms with van der Waals surface area (Å²) in [5.41, 5.74) is 1.20. The Hall–Kier alpha value is -0.810. The van der Waals surface area contributed by atoms with E-state index in [-0.39, 0.29) is 12.2 Å². The molecule has 0 heterocycles. The zero-order chi connectivity index (χ0) is 17.2. The van der Waals surface area contributed by atoms with Gasteiger partial charge in [0.25, 0.3) is 0 Å². The molecule has 1 N–H and O–H groups in total. The Balaban J connectivity index is 4.14. The molecule has 0 saturated carbocycles. The van der Waals surface area contributed by atoms with Gasteiger partial charge in [-0.05, 0) is 52.5 Å². The number of nitrogens with one attached hydrogen (secondary N) is 1. The smallest absolute Gasteiger partial charge is 0.307 e. The summed E-state index contributed by atoms with van der Waals surface area (Å²) in [5, 5.41) is 3.54. The van der Waals surface area contributed by atoms with Gasteiger partial charge >= 0.3 is 6.18 Å². The molecule has 0 amide bonds. The SMILES string of the molecule is C=C(Cl)CCCC(=CC)CCNC(CCC(F)(F)F)C(C)=O. The number of allylic oxidation sites excluding steroid dienone is 2. The minimum absolute atomic E-state index is 0.212. The average Bonchev–Trinajstić information content (AvgIpc) is 2.38. The van der Waals surface area contributed by atoms with Crippen LogP contribution in [0.4, 0.5) is 13.2 Å². The molecular weight excluding hydrogens is 315 g/mol. The van der Waals surface area contributed by atoms with Gasteiger partial charge in [0.2, 0.25) is 0 Å². The predicted molar refractivity (Wildman–Crippen MR) is 85.0 cm³/mol. The Bertz CT molecular complexity index is 391. The molecule has 0 fully saturated rings. The first kappa shape index (κ1) is 21.2. The summed E-state index contributed by atoms with van der Waals surface area (Å²) in [6.07, 6.45) is -0.169. The Kier molecular flexibility index (Phi) is 10.4. The molecule has 0 aliphatic heterocycles. The van der Waals surface area contributed by atoms with Crippen LogP contribution in [0, 0.1) is 0 Å². The molecule has 0 aromatic carbocycles. The quantitative estimate of drug-likeness (QED) is 0.528. The first-order chi connectivity index (χ1) is 10.2. The van der Waals surface area contributed by atoms with Crippen molar-refractivity contribution in [1.29, 1.82) is 0 Å². The standard InChI is InChI=1S/C16H25ClF3NO/c1-4-14(7-5-6-12(2)17)9-11-21-15(13(3)22)8-10-16(18,19)20/h4,15,21H,2,5-11H2,1,3H3. The fourth-order valence-corrected chi connectivity index (χ4v) is 2.22. The van der Waals surface area contributed by atoms with E-state index in [0.717, 1.165) is 19.3 Å². The van der Waals surface area contributed by atoms with Crippen molar-refractivity contribution < 1.29 is 18.0 Å². The Morgan fingerprint density at radius 3 is 2.41 bits per heavy atom. The number of halogens is 4. The van der Waals surface area contributed by atoms with E-state index in [1.807, 2.05) is 13.0 Å². The third-order valence-corrected chi connectivity index (χ3v) is 3.59. The molecule has 0 aromatic rings. The fourth-order valence-electron chi connectivity index (χ4n) is 2.08. The highest BCUT2D eigenvalue weighted by Crippen LogP contribution is 2.22. The number of ketones is 1. The first-order valence-corrected chi connectivity index (χ1v) is 7.81. The third kappa shape index (κ3) is 11.8. The molecule has 1 atom stereocenters. The lowest BCUT2D eigenvalue weighted by Crippen LogP contribution is -2.37. The molecule has 0 saturated heterocycles. The van der Waals surface area contributed by atoms with Crippen LogP contribution in [-0.4, -0.2) is 24.5 Å². The molecule has 6 heteroatoms. The Labute approximate surface area is 135 Å². The van der Waals surface area contributed by atoms with Gasteiger partial charge in [0.1, 0.15) is 5.78 Å². The van der Waals surface area contributed by atoms with Crippen LogP contribution in [0.25, 0.3) is 0 Å². The highest BCUT2D eigenvalue weighted by molar-refractivity contribution is 6.29. The number of hydrogen-bond donors (Lipinski definition) is 1. The monoisotopic (exact) mass is 339 g/mol. The lowest BCUT2D eigenvalue weighted by atomic mass is 10.0.